The molecule has 3 N–H and O–H groups in total. The molecule has 0 saturated carbocycles. The van der Waals surface area contributed by atoms with Crippen LogP contribution in [0.25, 0.3) is 0 Å². The van der Waals surface area contributed by atoms with Gasteiger partial charge in [0.2, 0.25) is 10.0 Å². The van der Waals surface area contributed by atoms with Crippen molar-refractivity contribution in [2.45, 2.75) is 75.8 Å². The zero-order chi connectivity index (χ0) is 22.2. The first kappa shape index (κ1) is 28.5. The van der Waals surface area contributed by atoms with E-state index in [-0.39, 0.29) is 22.3 Å². The van der Waals surface area contributed by atoms with E-state index in [0.29, 0.717) is 17.9 Å². The summed E-state index contributed by atoms with van der Waals surface area (Å²) < 4.78 is 23.8. The Kier molecular flexibility index (Phi) is 12.2. The first-order chi connectivity index (χ1) is 14.2. The van der Waals surface area contributed by atoms with Crippen LogP contribution in [0.5, 0.6) is 0 Å². The van der Waals surface area contributed by atoms with Crippen molar-refractivity contribution >= 4 is 51.0 Å². The summed E-state index contributed by atoms with van der Waals surface area (Å²) in [6.07, 6.45) is 8.82. The summed E-state index contributed by atoms with van der Waals surface area (Å²) in [6.45, 7) is 5.73. The number of primary sulfonamides is 1. The van der Waals surface area contributed by atoms with Crippen molar-refractivity contribution in [3.05, 3.63) is 28.8 Å². The van der Waals surface area contributed by atoms with Crippen molar-refractivity contribution in [3.8, 4) is 0 Å². The summed E-state index contributed by atoms with van der Waals surface area (Å²) in [5.74, 6) is 0.375. The number of benzene rings is 1. The number of hydrogen-bond donors (Lipinski definition) is 2. The summed E-state index contributed by atoms with van der Waals surface area (Å²) in [5.41, 5.74) is -0.876. The lowest BCUT2D eigenvalue weighted by Gasteiger charge is -2.35. The molecule has 1 aliphatic rings. The van der Waals surface area contributed by atoms with Gasteiger partial charge in [0.15, 0.2) is 10.9 Å². The predicted octanol–water partition coefficient (Wildman–Crippen LogP) is 5.12. The van der Waals surface area contributed by atoms with Crippen LogP contribution >= 0.6 is 35.8 Å². The van der Waals surface area contributed by atoms with Crippen LogP contribution in [0, 0.1) is 0 Å². The smallest absolute Gasteiger partial charge is 0.239 e. The van der Waals surface area contributed by atoms with Crippen molar-refractivity contribution in [1.29, 1.82) is 0 Å². The van der Waals surface area contributed by atoms with Gasteiger partial charge in [0.1, 0.15) is 4.90 Å². The maximum absolute atomic E-state index is 11.9. The summed E-state index contributed by atoms with van der Waals surface area (Å²) in [6, 6.07) is 4.54. The number of nitrogens with zero attached hydrogens (tertiary/aromatic N) is 2. The molecule has 1 atom stereocenters. The standard InChI is InChI=1S/C21H34ClN3O3S2.ClH/c1-3-5-7-9-13-24-20-25(14-10-8-6-4-2)21(26,16-29-20)17-11-12-18(22)19(15-17)30(23,27)28;/h11-12,15,26H,3-10,13-14,16H2,1-2H3,(H2,23,27,28);1H. The highest BCUT2D eigenvalue weighted by molar-refractivity contribution is 8.14. The molecular formula is C21H35Cl2N3O3S2. The Balaban J connectivity index is 0.00000480. The maximum Gasteiger partial charge on any atom is 0.239 e. The van der Waals surface area contributed by atoms with Crippen LogP contribution in [-0.4, -0.2) is 42.4 Å². The second-order valence-electron chi connectivity index (χ2n) is 7.73. The Labute approximate surface area is 202 Å². The second kappa shape index (κ2) is 13.3. The molecule has 0 aromatic heterocycles. The number of unbranched alkanes of at least 4 members (excludes halogenated alkanes) is 6. The summed E-state index contributed by atoms with van der Waals surface area (Å²) >= 11 is 7.55. The molecule has 10 heteroatoms. The van der Waals surface area contributed by atoms with Crippen molar-refractivity contribution in [2.75, 3.05) is 18.8 Å². The minimum Gasteiger partial charge on any atom is -0.366 e. The van der Waals surface area contributed by atoms with Crippen LogP contribution in [0.15, 0.2) is 28.1 Å². The highest BCUT2D eigenvalue weighted by atomic mass is 35.5. The van der Waals surface area contributed by atoms with Crippen molar-refractivity contribution in [2.24, 2.45) is 10.1 Å². The Morgan fingerprint density at radius 3 is 2.42 bits per heavy atom. The topological polar surface area (TPSA) is 96.0 Å². The van der Waals surface area contributed by atoms with Gasteiger partial charge in [-0.15, -0.1) is 12.4 Å². The van der Waals surface area contributed by atoms with E-state index in [9.17, 15) is 13.5 Å². The van der Waals surface area contributed by atoms with E-state index in [1.54, 1.807) is 6.07 Å². The zero-order valence-electron chi connectivity index (χ0n) is 18.3. The number of amidine groups is 1. The van der Waals surface area contributed by atoms with Gasteiger partial charge in [-0.3, -0.25) is 4.99 Å². The molecule has 0 amide bonds. The van der Waals surface area contributed by atoms with E-state index in [1.807, 2.05) is 4.90 Å². The van der Waals surface area contributed by atoms with Gasteiger partial charge in [-0.2, -0.15) is 0 Å². The molecule has 1 aromatic carbocycles. The van der Waals surface area contributed by atoms with Crippen LogP contribution in [0.3, 0.4) is 0 Å². The SMILES string of the molecule is CCCCCCN=C1SCC(O)(c2ccc(Cl)c(S(N)(=O)=O)c2)N1CCCCCC.Cl. The third-order valence-corrected chi connectivity index (χ3v) is 7.82. The Morgan fingerprint density at radius 1 is 1.16 bits per heavy atom. The molecule has 31 heavy (non-hydrogen) atoms. The molecular weight excluding hydrogens is 477 g/mol. The van der Waals surface area contributed by atoms with E-state index in [0.717, 1.165) is 50.2 Å². The lowest BCUT2D eigenvalue weighted by Crippen LogP contribution is -2.45. The Hall–Kier alpha value is -0.510. The van der Waals surface area contributed by atoms with Crippen LogP contribution in [0.2, 0.25) is 5.02 Å². The first-order valence-corrected chi connectivity index (χ1v) is 13.6. The highest BCUT2D eigenvalue weighted by Gasteiger charge is 2.44. The van der Waals surface area contributed by atoms with Crippen LogP contribution < -0.4 is 5.14 Å². The number of halogens is 2. The molecule has 6 nitrogen and oxygen atoms in total. The molecule has 1 aliphatic heterocycles. The largest absolute Gasteiger partial charge is 0.366 e. The molecule has 0 radical (unpaired) electrons. The molecule has 1 heterocycles. The third kappa shape index (κ3) is 7.79. The zero-order valence-corrected chi connectivity index (χ0v) is 21.6. The monoisotopic (exact) mass is 511 g/mol. The van der Waals surface area contributed by atoms with E-state index in [2.05, 4.69) is 13.8 Å². The Morgan fingerprint density at radius 2 is 1.81 bits per heavy atom. The van der Waals surface area contributed by atoms with Gasteiger partial charge in [-0.25, -0.2) is 13.6 Å². The van der Waals surface area contributed by atoms with E-state index >= 15 is 0 Å². The number of rotatable bonds is 12. The van der Waals surface area contributed by atoms with Gasteiger partial charge in [0.25, 0.3) is 0 Å². The Bertz CT molecular complexity index is 837. The number of thioether (sulfide) groups is 1. The quantitative estimate of drug-likeness (QED) is 0.379. The minimum atomic E-state index is -3.99. The normalized spacial score (nSPS) is 20.3. The van der Waals surface area contributed by atoms with Crippen LogP contribution in [-0.2, 0) is 15.7 Å². The number of aliphatic hydroxyl groups is 1. The third-order valence-electron chi connectivity index (χ3n) is 5.27. The number of aliphatic imine (C=N–C) groups is 1. The molecule has 1 fully saturated rings. The molecule has 0 spiro atoms. The average Bonchev–Trinajstić information content (AvgIpc) is 3.01. The van der Waals surface area contributed by atoms with Gasteiger partial charge in [0.05, 0.1) is 10.8 Å². The lowest BCUT2D eigenvalue weighted by molar-refractivity contribution is -0.0485. The molecule has 0 bridgehead atoms. The molecule has 2 rings (SSSR count). The first-order valence-electron chi connectivity index (χ1n) is 10.7. The average molecular weight is 513 g/mol. The van der Waals surface area contributed by atoms with Gasteiger partial charge in [-0.05, 0) is 25.0 Å². The van der Waals surface area contributed by atoms with E-state index in [1.165, 1.54) is 36.7 Å². The van der Waals surface area contributed by atoms with Crippen LogP contribution in [0.1, 0.15) is 70.8 Å². The lowest BCUT2D eigenvalue weighted by atomic mass is 10.0. The van der Waals surface area contributed by atoms with E-state index < -0.39 is 15.7 Å². The fourth-order valence-corrected chi connectivity index (χ4v) is 5.82. The van der Waals surface area contributed by atoms with Gasteiger partial charge in [-0.1, -0.05) is 81.8 Å². The van der Waals surface area contributed by atoms with Crippen molar-refractivity contribution < 1.29 is 13.5 Å². The highest BCUT2D eigenvalue weighted by Crippen LogP contribution is 2.40. The van der Waals surface area contributed by atoms with Crippen molar-refractivity contribution in [1.82, 2.24) is 4.90 Å². The van der Waals surface area contributed by atoms with E-state index in [4.69, 9.17) is 21.7 Å². The predicted molar refractivity (Wildman–Crippen MR) is 134 cm³/mol. The number of sulfonamides is 1. The molecule has 178 valence electrons. The summed E-state index contributed by atoms with van der Waals surface area (Å²) in [5, 5.41) is 17.8. The van der Waals surface area contributed by atoms with Crippen molar-refractivity contribution in [3.63, 3.8) is 0 Å². The number of hydrogen-bond acceptors (Lipinski definition) is 5. The van der Waals surface area contributed by atoms with Gasteiger partial charge < -0.3 is 10.0 Å². The molecule has 1 aromatic rings. The fraction of sp³-hybridized carbons (Fsp3) is 0.667. The molecule has 1 unspecified atom stereocenters. The number of nitrogens with two attached hydrogens (primary N) is 1. The summed E-state index contributed by atoms with van der Waals surface area (Å²) in [4.78, 5) is 6.51. The minimum absolute atomic E-state index is 0. The summed E-state index contributed by atoms with van der Waals surface area (Å²) in [7, 11) is -3.99. The van der Waals surface area contributed by atoms with Gasteiger partial charge in [0, 0.05) is 18.7 Å². The van der Waals surface area contributed by atoms with Gasteiger partial charge >= 0.3 is 0 Å². The maximum atomic E-state index is 11.9. The molecule has 1 saturated heterocycles. The fourth-order valence-electron chi connectivity index (χ4n) is 3.51. The molecule has 0 aliphatic carbocycles. The van der Waals surface area contributed by atoms with Crippen LogP contribution in [0.4, 0.5) is 0 Å². The second-order valence-corrected chi connectivity index (χ2v) is 10.6.